The highest BCUT2D eigenvalue weighted by molar-refractivity contribution is 5.99. The highest BCUT2D eigenvalue weighted by atomic mass is 16.2. The summed E-state index contributed by atoms with van der Waals surface area (Å²) in [4.78, 5) is 19.4. The van der Waals surface area contributed by atoms with Crippen molar-refractivity contribution in [3.63, 3.8) is 0 Å². The number of fused-ring (bicyclic) bond motifs is 1. The summed E-state index contributed by atoms with van der Waals surface area (Å²) in [7, 11) is 1.87. The average Bonchev–Trinajstić information content (AvgIpc) is 3.21. The van der Waals surface area contributed by atoms with Crippen molar-refractivity contribution < 1.29 is 4.79 Å². The van der Waals surface area contributed by atoms with Crippen molar-refractivity contribution in [2.24, 2.45) is 18.9 Å². The Hall–Kier alpha value is -2.17. The van der Waals surface area contributed by atoms with Gasteiger partial charge in [0.25, 0.3) is 5.91 Å². The monoisotopic (exact) mass is 296 g/mol. The number of amides is 1. The predicted molar refractivity (Wildman–Crippen MR) is 83.2 cm³/mol. The smallest absolute Gasteiger partial charge is 0.256 e. The maximum absolute atomic E-state index is 12.9. The third-order valence-electron chi connectivity index (χ3n) is 5.03. The average molecular weight is 296 g/mol. The lowest BCUT2D eigenvalue weighted by atomic mass is 10.0. The molecule has 2 aromatic rings. The van der Waals surface area contributed by atoms with Gasteiger partial charge in [-0.1, -0.05) is 6.42 Å². The molecule has 1 amide bonds. The summed E-state index contributed by atoms with van der Waals surface area (Å²) in [6, 6.07) is 3.72. The molecule has 1 aliphatic carbocycles. The van der Waals surface area contributed by atoms with Crippen LogP contribution in [-0.4, -0.2) is 38.7 Å². The summed E-state index contributed by atoms with van der Waals surface area (Å²) >= 11 is 0. The normalized spacial score (nSPS) is 23.8. The fraction of sp³-hybridized carbons (Fsp3) is 0.471. The molecule has 0 radical (unpaired) electrons. The van der Waals surface area contributed by atoms with E-state index in [-0.39, 0.29) is 5.91 Å². The summed E-state index contributed by atoms with van der Waals surface area (Å²) in [5.41, 5.74) is 2.32. The van der Waals surface area contributed by atoms with Gasteiger partial charge in [0.15, 0.2) is 0 Å². The van der Waals surface area contributed by atoms with Crippen molar-refractivity contribution in [2.75, 3.05) is 13.1 Å². The minimum Gasteiger partial charge on any atom is -0.338 e. The third-order valence-corrected chi connectivity index (χ3v) is 5.03. The minimum atomic E-state index is 0.112. The van der Waals surface area contributed by atoms with Gasteiger partial charge in [-0.05, 0) is 36.8 Å². The van der Waals surface area contributed by atoms with Gasteiger partial charge in [0, 0.05) is 38.1 Å². The number of nitrogens with zero attached hydrogens (tertiary/aromatic N) is 4. The van der Waals surface area contributed by atoms with Gasteiger partial charge < -0.3 is 4.90 Å². The Kier molecular flexibility index (Phi) is 3.21. The molecule has 0 aromatic carbocycles. The van der Waals surface area contributed by atoms with E-state index in [2.05, 4.69) is 10.1 Å². The molecule has 5 nitrogen and oxygen atoms in total. The molecule has 114 valence electrons. The molecule has 2 aliphatic rings. The number of aryl methyl sites for hydroxylation is 1. The summed E-state index contributed by atoms with van der Waals surface area (Å²) in [5.74, 6) is 1.53. The van der Waals surface area contributed by atoms with E-state index in [1.165, 1.54) is 19.3 Å². The van der Waals surface area contributed by atoms with Crippen LogP contribution in [0, 0.1) is 11.8 Å². The lowest BCUT2D eigenvalue weighted by Gasteiger charge is -2.18. The molecule has 2 aromatic heterocycles. The lowest BCUT2D eigenvalue weighted by molar-refractivity contribution is 0.0781. The van der Waals surface area contributed by atoms with E-state index in [1.54, 1.807) is 17.1 Å². The second-order valence-corrected chi connectivity index (χ2v) is 6.46. The van der Waals surface area contributed by atoms with Crippen LogP contribution in [0.25, 0.3) is 11.3 Å². The number of hydrogen-bond acceptors (Lipinski definition) is 3. The number of hydrogen-bond donors (Lipinski definition) is 0. The van der Waals surface area contributed by atoms with Gasteiger partial charge in [0.05, 0.1) is 17.5 Å². The van der Waals surface area contributed by atoms with Crippen LogP contribution in [0.1, 0.15) is 29.6 Å². The minimum absolute atomic E-state index is 0.112. The summed E-state index contributed by atoms with van der Waals surface area (Å²) in [6.07, 6.45) is 9.27. The van der Waals surface area contributed by atoms with Crippen LogP contribution in [-0.2, 0) is 7.05 Å². The van der Waals surface area contributed by atoms with Crippen molar-refractivity contribution in [1.82, 2.24) is 19.7 Å². The Morgan fingerprint density at radius 1 is 1.27 bits per heavy atom. The predicted octanol–water partition coefficient (Wildman–Crippen LogP) is 2.35. The van der Waals surface area contributed by atoms with Gasteiger partial charge in [-0.15, -0.1) is 0 Å². The van der Waals surface area contributed by atoms with Crippen molar-refractivity contribution in [3.05, 3.63) is 36.3 Å². The second kappa shape index (κ2) is 5.23. The lowest BCUT2D eigenvalue weighted by Crippen LogP contribution is -2.30. The Labute approximate surface area is 130 Å². The van der Waals surface area contributed by atoms with E-state index < -0.39 is 0 Å². The fourth-order valence-electron chi connectivity index (χ4n) is 3.92. The maximum atomic E-state index is 12.9. The molecule has 1 aliphatic heterocycles. The quantitative estimate of drug-likeness (QED) is 0.855. The molecule has 1 saturated carbocycles. The van der Waals surface area contributed by atoms with E-state index >= 15 is 0 Å². The number of carbonyl (C=O) groups excluding carboxylic acids is 1. The molecular weight excluding hydrogens is 276 g/mol. The number of pyridine rings is 1. The van der Waals surface area contributed by atoms with Crippen molar-refractivity contribution in [3.8, 4) is 11.3 Å². The van der Waals surface area contributed by atoms with Crippen LogP contribution in [0.4, 0.5) is 0 Å². The van der Waals surface area contributed by atoms with Gasteiger partial charge in [-0.2, -0.15) is 5.10 Å². The first-order valence-corrected chi connectivity index (χ1v) is 7.95. The third kappa shape index (κ3) is 2.21. The van der Waals surface area contributed by atoms with Gasteiger partial charge in [0.1, 0.15) is 0 Å². The van der Waals surface area contributed by atoms with Gasteiger partial charge in [-0.25, -0.2) is 0 Å². The van der Waals surface area contributed by atoms with Crippen LogP contribution >= 0.6 is 0 Å². The van der Waals surface area contributed by atoms with Crippen LogP contribution < -0.4 is 0 Å². The molecule has 2 atom stereocenters. The first-order valence-electron chi connectivity index (χ1n) is 7.95. The van der Waals surface area contributed by atoms with E-state index in [1.807, 2.05) is 30.3 Å². The van der Waals surface area contributed by atoms with Crippen molar-refractivity contribution in [2.45, 2.75) is 19.3 Å². The van der Waals surface area contributed by atoms with Gasteiger partial charge in [0.2, 0.25) is 0 Å². The Morgan fingerprint density at radius 2 is 2.05 bits per heavy atom. The largest absolute Gasteiger partial charge is 0.338 e. The molecule has 5 heteroatoms. The first-order chi connectivity index (χ1) is 10.7. The Bertz CT molecular complexity index is 696. The van der Waals surface area contributed by atoms with Crippen LogP contribution in [0.2, 0.25) is 0 Å². The molecule has 0 bridgehead atoms. The molecule has 0 N–H and O–H groups in total. The number of carbonyl (C=O) groups is 1. The molecule has 4 rings (SSSR count). The summed E-state index contributed by atoms with van der Waals surface area (Å²) < 4.78 is 1.73. The molecule has 1 saturated heterocycles. The fourth-order valence-corrected chi connectivity index (χ4v) is 3.92. The van der Waals surface area contributed by atoms with Gasteiger partial charge in [-0.3, -0.25) is 14.5 Å². The van der Waals surface area contributed by atoms with E-state index in [9.17, 15) is 4.79 Å². The number of likely N-dealkylation sites (tertiary alicyclic amines) is 1. The molecule has 2 fully saturated rings. The van der Waals surface area contributed by atoms with Crippen LogP contribution in [0.15, 0.2) is 30.7 Å². The van der Waals surface area contributed by atoms with Gasteiger partial charge >= 0.3 is 0 Å². The Balaban J connectivity index is 1.64. The topological polar surface area (TPSA) is 51.0 Å². The maximum Gasteiger partial charge on any atom is 0.256 e. The highest BCUT2D eigenvalue weighted by Crippen LogP contribution is 2.38. The standard InChI is InChI=1S/C17H20N4O/c1-20-9-14(8-19-20)16-15(6-3-7-18-16)17(22)21-10-12-4-2-5-13(12)11-21/h3,6-9,12-13H,2,4-5,10-11H2,1H3/t12-,13+. The molecule has 22 heavy (non-hydrogen) atoms. The summed E-state index contributed by atoms with van der Waals surface area (Å²) in [6.45, 7) is 1.82. The van der Waals surface area contributed by atoms with Crippen LogP contribution in [0.3, 0.4) is 0 Å². The number of aromatic nitrogens is 3. The van der Waals surface area contributed by atoms with Crippen molar-refractivity contribution >= 4 is 5.91 Å². The molecular formula is C17H20N4O. The summed E-state index contributed by atoms with van der Waals surface area (Å²) in [5, 5.41) is 4.19. The zero-order chi connectivity index (χ0) is 15.1. The first kappa shape index (κ1) is 13.5. The SMILES string of the molecule is Cn1cc(-c2ncccc2C(=O)N2C[C@H]3CCC[C@H]3C2)cn1. The zero-order valence-corrected chi connectivity index (χ0v) is 12.8. The van der Waals surface area contributed by atoms with Crippen LogP contribution in [0.5, 0.6) is 0 Å². The number of rotatable bonds is 2. The molecule has 3 heterocycles. The second-order valence-electron chi connectivity index (χ2n) is 6.46. The Morgan fingerprint density at radius 3 is 2.73 bits per heavy atom. The van der Waals surface area contributed by atoms with Crippen molar-refractivity contribution in [1.29, 1.82) is 0 Å². The zero-order valence-electron chi connectivity index (χ0n) is 12.8. The molecule has 0 unspecified atom stereocenters. The van der Waals surface area contributed by atoms with E-state index in [0.717, 1.165) is 24.3 Å². The molecule has 0 spiro atoms. The van der Waals surface area contributed by atoms with E-state index in [4.69, 9.17) is 0 Å². The van der Waals surface area contributed by atoms with E-state index in [0.29, 0.717) is 17.4 Å². The highest BCUT2D eigenvalue weighted by Gasteiger charge is 2.38.